The van der Waals surface area contributed by atoms with E-state index in [1.165, 1.54) is 16.4 Å². The summed E-state index contributed by atoms with van der Waals surface area (Å²) in [7, 11) is -6.81. The van der Waals surface area contributed by atoms with Crippen LogP contribution in [0.5, 0.6) is 0 Å². The first kappa shape index (κ1) is 15.4. The summed E-state index contributed by atoms with van der Waals surface area (Å²) in [5.74, 6) is 0.146. The second kappa shape index (κ2) is 5.79. The van der Waals surface area contributed by atoms with Crippen molar-refractivity contribution in [1.82, 2.24) is 0 Å². The maximum absolute atomic E-state index is 11.9. The van der Waals surface area contributed by atoms with Crippen molar-refractivity contribution in [1.29, 1.82) is 0 Å². The van der Waals surface area contributed by atoms with Crippen molar-refractivity contribution in [3.05, 3.63) is 24.3 Å². The number of nitrogens with one attached hydrogen (secondary N) is 1. The highest BCUT2D eigenvalue weighted by Crippen LogP contribution is 2.25. The van der Waals surface area contributed by atoms with E-state index in [-0.39, 0.29) is 5.75 Å². The predicted octanol–water partition coefficient (Wildman–Crippen LogP) is 1.55. The molecule has 0 aliphatic carbocycles. The normalized spacial score (nSPS) is 18.8. The fourth-order valence-electron chi connectivity index (χ4n) is 1.98. The van der Waals surface area contributed by atoms with Crippen LogP contribution in [0.1, 0.15) is 12.8 Å². The molecule has 9 heteroatoms. The summed E-state index contributed by atoms with van der Waals surface area (Å²) in [6.45, 7) is 0.453. The molecular formula is C11H15ClN2O4S2. The Bertz CT molecular complexity index is 671. The van der Waals surface area contributed by atoms with E-state index in [2.05, 4.69) is 4.72 Å². The number of hydrogen-bond donors (Lipinski definition) is 1. The minimum atomic E-state index is -3.55. The van der Waals surface area contributed by atoms with Gasteiger partial charge in [0.25, 0.3) is 0 Å². The van der Waals surface area contributed by atoms with Crippen molar-refractivity contribution in [3.8, 4) is 0 Å². The van der Waals surface area contributed by atoms with Crippen LogP contribution >= 0.6 is 11.6 Å². The Kier molecular flexibility index (Phi) is 4.46. The summed E-state index contributed by atoms with van der Waals surface area (Å²) < 4.78 is 50.1. The van der Waals surface area contributed by atoms with Gasteiger partial charge in [0, 0.05) is 12.2 Å². The van der Waals surface area contributed by atoms with Crippen LogP contribution in [0, 0.1) is 0 Å². The molecule has 2 rings (SSSR count). The molecule has 0 aromatic heterocycles. The predicted molar refractivity (Wildman–Crippen MR) is 80.1 cm³/mol. The van der Waals surface area contributed by atoms with E-state index in [9.17, 15) is 16.8 Å². The van der Waals surface area contributed by atoms with Gasteiger partial charge in [-0.05, 0) is 37.1 Å². The first-order valence-corrected chi connectivity index (χ1v) is 9.81. The third kappa shape index (κ3) is 3.56. The number of rotatable bonds is 4. The summed E-state index contributed by atoms with van der Waals surface area (Å²) in [5.41, 5.74) is 0.891. The SMILES string of the molecule is O=S(=O)(CCl)Nc1ccc(N2CCCCS2(=O)=O)cc1. The van der Waals surface area contributed by atoms with Crippen LogP contribution in [0.3, 0.4) is 0 Å². The molecule has 0 spiro atoms. The van der Waals surface area contributed by atoms with Gasteiger partial charge in [-0.2, -0.15) is 0 Å². The van der Waals surface area contributed by atoms with Crippen LogP contribution in [-0.2, 0) is 20.0 Å². The smallest absolute Gasteiger partial charge is 0.246 e. The minimum absolute atomic E-state index is 0.146. The molecule has 1 aliphatic heterocycles. The number of anilines is 2. The molecule has 0 atom stereocenters. The fourth-order valence-corrected chi connectivity index (χ4v) is 4.33. The van der Waals surface area contributed by atoms with Gasteiger partial charge in [-0.3, -0.25) is 9.03 Å². The highest BCUT2D eigenvalue weighted by atomic mass is 35.5. The summed E-state index contributed by atoms with van der Waals surface area (Å²) in [6.07, 6.45) is 1.49. The molecule has 1 aliphatic rings. The average Bonchev–Trinajstić information content (AvgIpc) is 2.39. The Hall–Kier alpha value is -0.990. The molecule has 112 valence electrons. The molecular weight excluding hydrogens is 324 g/mol. The van der Waals surface area contributed by atoms with Crippen molar-refractivity contribution in [2.24, 2.45) is 0 Å². The molecule has 0 saturated carbocycles. The maximum Gasteiger partial charge on any atom is 0.246 e. The van der Waals surface area contributed by atoms with E-state index < -0.39 is 25.3 Å². The third-order valence-corrected chi connectivity index (χ3v) is 6.49. The molecule has 0 unspecified atom stereocenters. The lowest BCUT2D eigenvalue weighted by Crippen LogP contribution is -2.37. The van der Waals surface area contributed by atoms with Gasteiger partial charge in [-0.1, -0.05) is 0 Å². The molecule has 1 heterocycles. The number of sulfonamides is 2. The molecule has 1 fully saturated rings. The number of halogens is 1. The number of nitrogens with zero attached hydrogens (tertiary/aromatic N) is 1. The van der Waals surface area contributed by atoms with Crippen LogP contribution in [0.2, 0.25) is 0 Å². The zero-order valence-corrected chi connectivity index (χ0v) is 13.0. The number of alkyl halides is 1. The van der Waals surface area contributed by atoms with Crippen molar-refractivity contribution in [2.75, 3.05) is 26.5 Å². The molecule has 1 aromatic rings. The zero-order chi connectivity index (χ0) is 14.8. The molecule has 1 aromatic carbocycles. The van der Waals surface area contributed by atoms with Gasteiger partial charge in [-0.25, -0.2) is 16.8 Å². The first-order chi connectivity index (χ1) is 9.34. The van der Waals surface area contributed by atoms with Crippen LogP contribution < -0.4 is 9.03 Å². The van der Waals surface area contributed by atoms with Crippen molar-refractivity contribution in [2.45, 2.75) is 12.8 Å². The van der Waals surface area contributed by atoms with Gasteiger partial charge >= 0.3 is 0 Å². The lowest BCUT2D eigenvalue weighted by atomic mass is 10.2. The highest BCUT2D eigenvalue weighted by Gasteiger charge is 2.25. The summed E-state index contributed by atoms with van der Waals surface area (Å²) >= 11 is 5.30. The molecule has 1 saturated heterocycles. The maximum atomic E-state index is 11.9. The van der Waals surface area contributed by atoms with Gasteiger partial charge < -0.3 is 0 Å². The second-order valence-electron chi connectivity index (χ2n) is 4.47. The molecule has 0 radical (unpaired) electrons. The molecule has 0 amide bonds. The molecule has 20 heavy (non-hydrogen) atoms. The number of hydrogen-bond acceptors (Lipinski definition) is 4. The van der Waals surface area contributed by atoms with Gasteiger partial charge in [0.15, 0.2) is 0 Å². The Morgan fingerprint density at radius 3 is 2.40 bits per heavy atom. The standard InChI is InChI=1S/C11H15ClN2O4S2/c12-9-19(15,16)13-10-3-5-11(6-4-10)14-7-1-2-8-20(14,17)18/h3-6,13H,1-2,7-9H2. The second-order valence-corrected chi connectivity index (χ2v) is 8.79. The Morgan fingerprint density at radius 2 is 1.85 bits per heavy atom. The summed E-state index contributed by atoms with van der Waals surface area (Å²) in [6, 6.07) is 6.19. The van der Waals surface area contributed by atoms with E-state index in [1.807, 2.05) is 0 Å². The van der Waals surface area contributed by atoms with Crippen molar-refractivity contribution >= 4 is 43.0 Å². The fraction of sp³-hybridized carbons (Fsp3) is 0.455. The monoisotopic (exact) mass is 338 g/mol. The minimum Gasteiger partial charge on any atom is -0.283 e. The Balaban J connectivity index is 2.20. The van der Waals surface area contributed by atoms with E-state index in [4.69, 9.17) is 11.6 Å². The van der Waals surface area contributed by atoms with Crippen molar-refractivity contribution in [3.63, 3.8) is 0 Å². The first-order valence-electron chi connectivity index (χ1n) is 6.01. The molecule has 1 N–H and O–H groups in total. The van der Waals surface area contributed by atoms with Crippen LogP contribution in [0.15, 0.2) is 24.3 Å². The largest absolute Gasteiger partial charge is 0.283 e. The topological polar surface area (TPSA) is 83.6 Å². The van der Waals surface area contributed by atoms with E-state index in [0.29, 0.717) is 24.3 Å². The van der Waals surface area contributed by atoms with Crippen LogP contribution in [0.4, 0.5) is 11.4 Å². The average molecular weight is 339 g/mol. The van der Waals surface area contributed by atoms with Gasteiger partial charge in [-0.15, -0.1) is 11.6 Å². The quantitative estimate of drug-likeness (QED) is 0.844. The highest BCUT2D eigenvalue weighted by molar-refractivity contribution is 7.93. The van der Waals surface area contributed by atoms with Gasteiger partial charge in [0.1, 0.15) is 5.21 Å². The number of benzene rings is 1. The zero-order valence-electron chi connectivity index (χ0n) is 10.6. The molecule has 0 bridgehead atoms. The lowest BCUT2D eigenvalue weighted by molar-refractivity contribution is 0.574. The summed E-state index contributed by atoms with van der Waals surface area (Å²) in [4.78, 5) is 0. The Morgan fingerprint density at radius 1 is 1.20 bits per heavy atom. The van der Waals surface area contributed by atoms with Gasteiger partial charge in [0.2, 0.25) is 20.0 Å². The van der Waals surface area contributed by atoms with Gasteiger partial charge in [0.05, 0.1) is 11.4 Å². The summed E-state index contributed by atoms with van der Waals surface area (Å²) in [5, 5.41) is -0.532. The molecule has 6 nitrogen and oxygen atoms in total. The van der Waals surface area contributed by atoms with E-state index >= 15 is 0 Å². The van der Waals surface area contributed by atoms with Crippen molar-refractivity contribution < 1.29 is 16.8 Å². The lowest BCUT2D eigenvalue weighted by Gasteiger charge is -2.28. The Labute approximate surface area is 123 Å². The third-order valence-electron chi connectivity index (χ3n) is 2.92. The van der Waals surface area contributed by atoms with Crippen LogP contribution in [-0.4, -0.2) is 34.3 Å². The van der Waals surface area contributed by atoms with E-state index in [1.54, 1.807) is 12.1 Å². The van der Waals surface area contributed by atoms with Crippen LogP contribution in [0.25, 0.3) is 0 Å². The van der Waals surface area contributed by atoms with E-state index in [0.717, 1.165) is 6.42 Å².